The molecule has 0 bridgehead atoms. The summed E-state index contributed by atoms with van der Waals surface area (Å²) in [5.41, 5.74) is 6.06. The highest BCUT2D eigenvalue weighted by molar-refractivity contribution is 5.91. The highest BCUT2D eigenvalue weighted by Crippen LogP contribution is 2.38. The fourth-order valence-electron chi connectivity index (χ4n) is 5.10. The van der Waals surface area contributed by atoms with Crippen LogP contribution in [-0.4, -0.2) is 81.1 Å². The number of nitrogens with zero attached hydrogens (tertiary/aromatic N) is 6. The molecule has 1 N–H and O–H groups in total. The van der Waals surface area contributed by atoms with Crippen molar-refractivity contribution < 1.29 is 9.53 Å². The van der Waals surface area contributed by atoms with Crippen molar-refractivity contribution in [3.63, 3.8) is 0 Å². The third kappa shape index (κ3) is 4.36. The minimum absolute atomic E-state index is 0.167. The predicted molar refractivity (Wildman–Crippen MR) is 136 cm³/mol. The van der Waals surface area contributed by atoms with Crippen LogP contribution < -0.4 is 4.74 Å². The number of aromatic amines is 1. The molecule has 1 saturated heterocycles. The van der Waals surface area contributed by atoms with E-state index in [2.05, 4.69) is 52.0 Å². The molecule has 0 aliphatic carbocycles. The first-order valence-electron chi connectivity index (χ1n) is 12.2. The Morgan fingerprint density at radius 2 is 2.03 bits per heavy atom. The van der Waals surface area contributed by atoms with Gasteiger partial charge < -0.3 is 14.6 Å². The van der Waals surface area contributed by atoms with Crippen LogP contribution in [0.3, 0.4) is 0 Å². The number of fused-ring (bicyclic) bond motifs is 2. The van der Waals surface area contributed by atoms with Crippen molar-refractivity contribution in [2.24, 2.45) is 0 Å². The fourth-order valence-corrected chi connectivity index (χ4v) is 5.10. The van der Waals surface area contributed by atoms with Crippen LogP contribution in [-0.2, 0) is 4.79 Å². The zero-order chi connectivity index (χ0) is 24.7. The van der Waals surface area contributed by atoms with Gasteiger partial charge in [-0.1, -0.05) is 19.9 Å². The Bertz CT molecular complexity index is 1360. The van der Waals surface area contributed by atoms with Gasteiger partial charge in [-0.3, -0.25) is 9.69 Å². The summed E-state index contributed by atoms with van der Waals surface area (Å²) in [4.78, 5) is 28.6. The lowest BCUT2D eigenvalue weighted by molar-refractivity contribution is -0.130. The number of piperidine rings is 1. The molecule has 1 fully saturated rings. The predicted octanol–water partition coefficient (Wildman–Crippen LogP) is 3.67. The molecule has 0 spiro atoms. The van der Waals surface area contributed by atoms with E-state index < -0.39 is 0 Å². The van der Waals surface area contributed by atoms with Crippen LogP contribution in [0.2, 0.25) is 0 Å². The van der Waals surface area contributed by atoms with Gasteiger partial charge in [0.05, 0.1) is 25.5 Å². The third-order valence-corrected chi connectivity index (χ3v) is 7.04. The van der Waals surface area contributed by atoms with Gasteiger partial charge in [-0.2, -0.15) is 5.10 Å². The van der Waals surface area contributed by atoms with E-state index in [0.717, 1.165) is 42.8 Å². The molecule has 1 aliphatic rings. The SMILES string of the molecule is COc1nc(-c2[nH]c3ccc(C4CCN(CC(=O)N(C)C)CC4)cc3c2C(C)C)cn2ncnc12. The van der Waals surface area contributed by atoms with E-state index in [9.17, 15) is 4.79 Å². The first kappa shape index (κ1) is 23.3. The number of amides is 1. The number of carbonyl (C=O) groups excluding carboxylic acids is 1. The van der Waals surface area contributed by atoms with Crippen molar-refractivity contribution in [3.05, 3.63) is 41.9 Å². The zero-order valence-corrected chi connectivity index (χ0v) is 21.1. The summed E-state index contributed by atoms with van der Waals surface area (Å²) in [6.45, 7) is 6.82. The molecule has 1 aromatic carbocycles. The van der Waals surface area contributed by atoms with E-state index in [1.807, 2.05) is 20.3 Å². The number of likely N-dealkylation sites (tertiary alicyclic amines) is 1. The minimum Gasteiger partial charge on any atom is -0.478 e. The van der Waals surface area contributed by atoms with E-state index in [4.69, 9.17) is 9.72 Å². The number of hydrogen-bond acceptors (Lipinski definition) is 6. The smallest absolute Gasteiger partial charge is 0.260 e. The van der Waals surface area contributed by atoms with E-state index in [1.54, 1.807) is 16.5 Å². The van der Waals surface area contributed by atoms with Gasteiger partial charge in [-0.25, -0.2) is 14.5 Å². The van der Waals surface area contributed by atoms with Crippen LogP contribution in [0.4, 0.5) is 0 Å². The van der Waals surface area contributed by atoms with E-state index in [1.165, 1.54) is 22.8 Å². The molecule has 0 unspecified atom stereocenters. The fraction of sp³-hybridized carbons (Fsp3) is 0.462. The van der Waals surface area contributed by atoms with Gasteiger partial charge >= 0.3 is 0 Å². The molecule has 5 rings (SSSR count). The Labute approximate surface area is 205 Å². The summed E-state index contributed by atoms with van der Waals surface area (Å²) in [7, 11) is 5.23. The average molecular weight is 476 g/mol. The van der Waals surface area contributed by atoms with Gasteiger partial charge in [0.1, 0.15) is 12.0 Å². The number of ether oxygens (including phenoxy) is 1. The molecule has 0 radical (unpaired) electrons. The summed E-state index contributed by atoms with van der Waals surface area (Å²) in [6, 6.07) is 6.78. The minimum atomic E-state index is 0.167. The Morgan fingerprint density at radius 1 is 1.26 bits per heavy atom. The normalized spacial score (nSPS) is 15.4. The van der Waals surface area contributed by atoms with Gasteiger partial charge in [0.25, 0.3) is 5.88 Å². The molecule has 35 heavy (non-hydrogen) atoms. The summed E-state index contributed by atoms with van der Waals surface area (Å²) in [5, 5.41) is 5.53. The van der Waals surface area contributed by atoms with Gasteiger partial charge in [0.2, 0.25) is 11.6 Å². The van der Waals surface area contributed by atoms with E-state index in [0.29, 0.717) is 29.9 Å². The maximum Gasteiger partial charge on any atom is 0.260 e. The Morgan fingerprint density at radius 3 is 2.71 bits per heavy atom. The summed E-state index contributed by atoms with van der Waals surface area (Å²) in [5.74, 6) is 1.41. The first-order valence-corrected chi connectivity index (χ1v) is 12.2. The molecular formula is C26H33N7O2. The monoisotopic (exact) mass is 475 g/mol. The van der Waals surface area contributed by atoms with Crippen LogP contribution in [0, 0.1) is 0 Å². The number of benzene rings is 1. The molecule has 4 heterocycles. The second-order valence-corrected chi connectivity index (χ2v) is 9.88. The number of H-pyrrole nitrogens is 1. The average Bonchev–Trinajstić information content (AvgIpc) is 3.48. The summed E-state index contributed by atoms with van der Waals surface area (Å²) >= 11 is 0. The Hall–Kier alpha value is -3.46. The zero-order valence-electron chi connectivity index (χ0n) is 21.1. The molecule has 0 atom stereocenters. The Balaban J connectivity index is 1.47. The van der Waals surface area contributed by atoms with Gasteiger partial charge in [-0.15, -0.1) is 0 Å². The van der Waals surface area contributed by atoms with Crippen molar-refractivity contribution in [1.29, 1.82) is 0 Å². The molecule has 9 nitrogen and oxygen atoms in total. The molecule has 1 amide bonds. The molecule has 184 valence electrons. The number of carbonyl (C=O) groups is 1. The van der Waals surface area contributed by atoms with E-state index in [-0.39, 0.29) is 5.91 Å². The van der Waals surface area contributed by atoms with Crippen LogP contribution in [0.15, 0.2) is 30.7 Å². The van der Waals surface area contributed by atoms with Crippen LogP contribution in [0.1, 0.15) is 49.7 Å². The number of nitrogens with one attached hydrogen (secondary N) is 1. The van der Waals surface area contributed by atoms with E-state index >= 15 is 0 Å². The second-order valence-electron chi connectivity index (χ2n) is 9.88. The number of likely N-dealkylation sites (N-methyl/N-ethyl adjacent to an activating group) is 1. The van der Waals surface area contributed by atoms with Crippen molar-refractivity contribution in [1.82, 2.24) is 34.4 Å². The second kappa shape index (κ2) is 9.30. The summed E-state index contributed by atoms with van der Waals surface area (Å²) < 4.78 is 7.20. The number of aromatic nitrogens is 5. The number of hydrogen-bond donors (Lipinski definition) is 1. The number of rotatable bonds is 6. The maximum absolute atomic E-state index is 12.1. The quantitative estimate of drug-likeness (QED) is 0.458. The van der Waals surface area contributed by atoms with Crippen molar-refractivity contribution in [3.8, 4) is 17.3 Å². The number of methoxy groups -OCH3 is 1. The van der Waals surface area contributed by atoms with Crippen LogP contribution in [0.5, 0.6) is 5.88 Å². The van der Waals surface area contributed by atoms with Gasteiger partial charge in [0.15, 0.2) is 0 Å². The molecule has 4 aromatic rings. The van der Waals surface area contributed by atoms with Crippen LogP contribution in [0.25, 0.3) is 27.9 Å². The molecule has 9 heteroatoms. The molecule has 3 aromatic heterocycles. The third-order valence-electron chi connectivity index (χ3n) is 7.04. The highest BCUT2D eigenvalue weighted by atomic mass is 16.5. The lowest BCUT2D eigenvalue weighted by Crippen LogP contribution is -2.40. The van der Waals surface area contributed by atoms with Crippen molar-refractivity contribution >= 4 is 22.5 Å². The van der Waals surface area contributed by atoms with Gasteiger partial charge in [-0.05, 0) is 61.0 Å². The van der Waals surface area contributed by atoms with Crippen molar-refractivity contribution in [2.45, 2.75) is 38.5 Å². The molecule has 0 saturated carbocycles. The summed E-state index contributed by atoms with van der Waals surface area (Å²) in [6.07, 6.45) is 5.52. The van der Waals surface area contributed by atoms with Gasteiger partial charge in [0, 0.05) is 25.0 Å². The molecular weight excluding hydrogens is 442 g/mol. The highest BCUT2D eigenvalue weighted by Gasteiger charge is 2.25. The lowest BCUT2D eigenvalue weighted by Gasteiger charge is -2.32. The first-order chi connectivity index (χ1) is 16.9. The topological polar surface area (TPSA) is 91.7 Å². The standard InChI is InChI=1S/C26H33N7O2/c1-16(2)23-19-12-18(17-8-10-32(11-9-17)14-22(34)31(3)4)6-7-20(19)29-24(23)21-13-33-25(27-15-28-33)26(30-21)35-5/h6-7,12-13,15-17,29H,8-11,14H2,1-5H3. The van der Waals surface area contributed by atoms with Crippen LogP contribution >= 0.6 is 0 Å². The molecule has 1 aliphatic heterocycles. The Kier molecular flexibility index (Phi) is 6.19. The maximum atomic E-state index is 12.1. The van der Waals surface area contributed by atoms with Crippen molar-refractivity contribution in [2.75, 3.05) is 40.8 Å². The largest absolute Gasteiger partial charge is 0.478 e. The lowest BCUT2D eigenvalue weighted by atomic mass is 9.87.